The second kappa shape index (κ2) is 18.3. The standard InChI is InChI=1S/C76H74BN3O2S/c1-72(2,3)43-20-28-48(29-21-43)78-58-42-62-54(53-40-51(34-36-61(53)81-62)79(49-30-22-44(23-31-49)73(4,5)6)50-32-24-45(25-33-50)74(7,8)9)41-55(58)64-65-52-18-16-17-19-60(52)82-70(65)66-56-38-46(75(10,11)12)26-35-59(56)80-68-57-39-47(76(13,14)15)27-37-63(57)83-71(68)77-67(64)69(66)80/h16-42,77-78H,1-15H3. The van der Waals surface area contributed by atoms with Gasteiger partial charge in [0.1, 0.15) is 22.3 Å². The van der Waals surface area contributed by atoms with Crippen molar-refractivity contribution in [3.05, 3.63) is 192 Å². The summed E-state index contributed by atoms with van der Waals surface area (Å²) in [6.45, 7) is 34.4. The Labute approximate surface area is 493 Å². The van der Waals surface area contributed by atoms with Crippen molar-refractivity contribution < 1.29 is 8.83 Å². The number of nitrogens with zero attached hydrogens (tertiary/aromatic N) is 2. The zero-order chi connectivity index (χ0) is 58.0. The number of furan rings is 2. The number of thiophene rings is 1. The number of benzene rings is 9. The van der Waals surface area contributed by atoms with Gasteiger partial charge in [-0.05, 0) is 162 Å². The third kappa shape index (κ3) is 8.70. The predicted octanol–water partition coefficient (Wildman–Crippen LogP) is 20.9. The summed E-state index contributed by atoms with van der Waals surface area (Å²) in [5, 5.41) is 12.1. The average Bonchev–Trinajstić information content (AvgIpc) is 1.57. The topological polar surface area (TPSA) is 46.5 Å². The molecule has 0 amide bonds. The number of aromatic nitrogens is 1. The Kier molecular flexibility index (Phi) is 11.7. The minimum atomic E-state index is -0.0699. The van der Waals surface area contributed by atoms with Crippen LogP contribution in [0.2, 0.25) is 0 Å². The Morgan fingerprint density at radius 2 is 0.976 bits per heavy atom. The molecule has 0 fully saturated rings. The molecule has 1 aliphatic heterocycles. The van der Waals surface area contributed by atoms with Gasteiger partial charge in [-0.15, -0.1) is 11.3 Å². The van der Waals surface area contributed by atoms with Gasteiger partial charge in [0.15, 0.2) is 0 Å². The van der Waals surface area contributed by atoms with Crippen LogP contribution < -0.4 is 20.5 Å². The Morgan fingerprint density at radius 3 is 1.59 bits per heavy atom. The molecule has 4 aromatic heterocycles. The van der Waals surface area contributed by atoms with Gasteiger partial charge in [0.05, 0.1) is 27.8 Å². The lowest BCUT2D eigenvalue weighted by Crippen LogP contribution is -2.35. The molecule has 1 N–H and O–H groups in total. The molecular formula is C76H74BN3O2S. The van der Waals surface area contributed by atoms with E-state index in [-0.39, 0.29) is 27.1 Å². The van der Waals surface area contributed by atoms with Crippen molar-refractivity contribution in [2.75, 3.05) is 10.2 Å². The predicted molar refractivity (Wildman–Crippen MR) is 360 cm³/mol. The van der Waals surface area contributed by atoms with E-state index in [1.807, 2.05) is 11.3 Å². The molecule has 0 bridgehead atoms. The van der Waals surface area contributed by atoms with E-state index in [4.69, 9.17) is 8.83 Å². The summed E-state index contributed by atoms with van der Waals surface area (Å²) in [7, 11) is 0.758. The van der Waals surface area contributed by atoms with Crippen molar-refractivity contribution in [1.82, 2.24) is 4.57 Å². The lowest BCUT2D eigenvalue weighted by atomic mass is 9.62. The lowest BCUT2D eigenvalue weighted by molar-refractivity contribution is 0.590. The van der Waals surface area contributed by atoms with Gasteiger partial charge in [-0.25, -0.2) is 0 Å². The minimum absolute atomic E-state index is 0.00888. The summed E-state index contributed by atoms with van der Waals surface area (Å²) in [5.41, 5.74) is 22.4. The largest absolute Gasteiger partial charge is 0.456 e. The third-order valence-electron chi connectivity index (χ3n) is 17.8. The highest BCUT2D eigenvalue weighted by Crippen LogP contribution is 2.51. The molecule has 0 aliphatic carbocycles. The number of para-hydroxylation sites is 1. The smallest absolute Gasteiger partial charge is 0.211 e. The number of anilines is 5. The van der Waals surface area contributed by atoms with Crippen LogP contribution in [0.5, 0.6) is 0 Å². The van der Waals surface area contributed by atoms with E-state index in [2.05, 4.69) is 282 Å². The summed E-state index contributed by atoms with van der Waals surface area (Å²) < 4.78 is 19.7. The van der Waals surface area contributed by atoms with E-state index in [0.29, 0.717) is 0 Å². The summed E-state index contributed by atoms with van der Waals surface area (Å²) in [5.74, 6) is 0. The quantitative estimate of drug-likeness (QED) is 0.169. The second-order valence-corrected chi connectivity index (χ2v) is 29.9. The Hall–Kier alpha value is -8.00. The molecule has 0 spiro atoms. The molecule has 0 saturated carbocycles. The molecule has 83 heavy (non-hydrogen) atoms. The fraction of sp³-hybridized carbons (Fsp3) is 0.263. The maximum atomic E-state index is 7.39. The van der Waals surface area contributed by atoms with Gasteiger partial charge in [-0.2, -0.15) is 0 Å². The number of nitrogens with one attached hydrogen (secondary N) is 1. The van der Waals surface area contributed by atoms with Crippen LogP contribution in [-0.2, 0) is 27.1 Å². The van der Waals surface area contributed by atoms with Crippen LogP contribution >= 0.6 is 11.3 Å². The van der Waals surface area contributed by atoms with Crippen molar-refractivity contribution in [2.24, 2.45) is 0 Å². The fourth-order valence-electron chi connectivity index (χ4n) is 13.0. The van der Waals surface area contributed by atoms with Gasteiger partial charge in [0.25, 0.3) is 0 Å². The molecule has 5 heterocycles. The van der Waals surface area contributed by atoms with E-state index in [1.165, 1.54) is 81.2 Å². The van der Waals surface area contributed by atoms with Gasteiger partial charge >= 0.3 is 0 Å². The summed E-state index contributed by atoms with van der Waals surface area (Å²) in [6, 6.07) is 61.7. The highest BCUT2D eigenvalue weighted by Gasteiger charge is 2.35. The summed E-state index contributed by atoms with van der Waals surface area (Å²) >= 11 is 1.94. The van der Waals surface area contributed by atoms with Crippen molar-refractivity contribution in [3.8, 4) is 16.8 Å². The maximum absolute atomic E-state index is 7.39. The SMILES string of the molecule is CC(C)(C)c1ccc(Nc2cc3oc4ccc(N(c5ccc(C(C)(C)C)cc5)c5ccc(C(C)(C)C)cc5)cc4c3cc2-c2c3c4c(c5cc(C(C)(C)C)ccc5n4-c4c(sc5ccc(C(C)(C)C)cc45)B3)c3oc4ccccc4c23)cc1. The highest BCUT2D eigenvalue weighted by atomic mass is 32.1. The van der Waals surface area contributed by atoms with Gasteiger partial charge in [0.2, 0.25) is 7.28 Å². The number of fused-ring (bicyclic) bond motifs is 14. The zero-order valence-corrected chi connectivity index (χ0v) is 51.7. The van der Waals surface area contributed by atoms with Crippen molar-refractivity contribution >= 4 is 133 Å². The van der Waals surface area contributed by atoms with Crippen LogP contribution in [0.3, 0.4) is 0 Å². The Bertz CT molecular complexity index is 4720. The van der Waals surface area contributed by atoms with Crippen molar-refractivity contribution in [3.63, 3.8) is 0 Å². The first kappa shape index (κ1) is 53.0. The molecule has 14 rings (SSSR count). The molecule has 9 aromatic carbocycles. The average molecular weight is 1100 g/mol. The van der Waals surface area contributed by atoms with Gasteiger partial charge in [0, 0.05) is 71.4 Å². The van der Waals surface area contributed by atoms with Crippen LogP contribution in [0.1, 0.15) is 132 Å². The molecule has 1 aliphatic rings. The van der Waals surface area contributed by atoms with Crippen LogP contribution in [0.15, 0.2) is 173 Å². The number of hydrogen-bond donors (Lipinski definition) is 1. The van der Waals surface area contributed by atoms with E-state index in [9.17, 15) is 0 Å². The Morgan fingerprint density at radius 1 is 0.446 bits per heavy atom. The number of rotatable bonds is 6. The Balaban J connectivity index is 1.08. The zero-order valence-electron chi connectivity index (χ0n) is 50.9. The summed E-state index contributed by atoms with van der Waals surface area (Å²) in [4.78, 5) is 2.39. The van der Waals surface area contributed by atoms with Gasteiger partial charge in [-0.3, -0.25) is 0 Å². The fourth-order valence-corrected chi connectivity index (χ4v) is 14.2. The molecule has 13 aromatic rings. The normalized spacial score (nSPS) is 13.3. The highest BCUT2D eigenvalue weighted by molar-refractivity contribution is 7.29. The third-order valence-corrected chi connectivity index (χ3v) is 18.9. The summed E-state index contributed by atoms with van der Waals surface area (Å²) in [6.07, 6.45) is 0. The first-order valence-corrected chi connectivity index (χ1v) is 30.5. The van der Waals surface area contributed by atoms with Gasteiger partial charge < -0.3 is 23.6 Å². The maximum Gasteiger partial charge on any atom is 0.211 e. The lowest BCUT2D eigenvalue weighted by Gasteiger charge is -2.28. The van der Waals surface area contributed by atoms with E-state index in [0.717, 1.165) is 85.2 Å². The van der Waals surface area contributed by atoms with E-state index in [1.54, 1.807) is 0 Å². The van der Waals surface area contributed by atoms with E-state index < -0.39 is 0 Å². The molecule has 5 nitrogen and oxygen atoms in total. The number of hydrogen-bond acceptors (Lipinski definition) is 5. The first-order chi connectivity index (χ1) is 39.3. The molecule has 0 unspecified atom stereocenters. The van der Waals surface area contributed by atoms with Crippen molar-refractivity contribution in [2.45, 2.75) is 131 Å². The van der Waals surface area contributed by atoms with Crippen LogP contribution in [0.4, 0.5) is 28.4 Å². The van der Waals surface area contributed by atoms with Crippen LogP contribution in [0, 0.1) is 0 Å². The molecule has 0 radical (unpaired) electrons. The molecular weight excluding hydrogens is 1030 g/mol. The second-order valence-electron chi connectivity index (χ2n) is 28.8. The molecule has 0 saturated heterocycles. The molecule has 7 heteroatoms. The molecule has 0 atom stereocenters. The van der Waals surface area contributed by atoms with Crippen molar-refractivity contribution in [1.29, 1.82) is 0 Å². The van der Waals surface area contributed by atoms with Gasteiger partial charge in [-0.1, -0.05) is 171 Å². The van der Waals surface area contributed by atoms with Crippen LogP contribution in [-0.4, -0.2) is 11.8 Å². The monoisotopic (exact) mass is 1100 g/mol. The molecule has 414 valence electrons. The van der Waals surface area contributed by atoms with Crippen LogP contribution in [0.25, 0.3) is 92.6 Å². The first-order valence-electron chi connectivity index (χ1n) is 29.7. The minimum Gasteiger partial charge on any atom is -0.456 e. The van der Waals surface area contributed by atoms with E-state index >= 15 is 0 Å².